The van der Waals surface area contributed by atoms with Crippen molar-refractivity contribution >= 4 is 17.9 Å². The lowest BCUT2D eigenvalue weighted by Gasteiger charge is -2.13. The molecule has 3 rings (SSSR count). The second-order valence-electron chi connectivity index (χ2n) is 6.63. The molecule has 0 aliphatic heterocycles. The van der Waals surface area contributed by atoms with Gasteiger partial charge in [0.25, 0.3) is 11.8 Å². The van der Waals surface area contributed by atoms with Crippen molar-refractivity contribution in [2.75, 3.05) is 21.3 Å². The topological polar surface area (TPSA) is 99.0 Å². The van der Waals surface area contributed by atoms with E-state index < -0.39 is 11.8 Å². The zero-order valence-electron chi connectivity index (χ0n) is 18.0. The predicted molar refractivity (Wildman–Crippen MR) is 119 cm³/mol. The first-order valence-electron chi connectivity index (χ1n) is 9.73. The molecule has 3 aromatic rings. The number of carbonyl (C=O) groups is 2. The third-order valence-electron chi connectivity index (χ3n) is 4.58. The van der Waals surface area contributed by atoms with Crippen LogP contribution in [0.1, 0.15) is 21.7 Å². The van der Waals surface area contributed by atoms with Crippen molar-refractivity contribution in [2.24, 2.45) is 0 Å². The molecule has 0 bridgehead atoms. The van der Waals surface area contributed by atoms with Gasteiger partial charge in [0.2, 0.25) is 0 Å². The van der Waals surface area contributed by atoms with Crippen LogP contribution < -0.4 is 24.8 Å². The number of carbonyl (C=O) groups excluding carboxylic acids is 2. The third kappa shape index (κ3) is 5.69. The van der Waals surface area contributed by atoms with Crippen molar-refractivity contribution in [3.05, 3.63) is 83.4 Å². The van der Waals surface area contributed by atoms with Crippen LogP contribution in [0.3, 0.4) is 0 Å². The van der Waals surface area contributed by atoms with Crippen molar-refractivity contribution in [2.45, 2.75) is 6.54 Å². The van der Waals surface area contributed by atoms with E-state index in [-0.39, 0.29) is 12.2 Å². The molecule has 2 aromatic carbocycles. The van der Waals surface area contributed by atoms with Gasteiger partial charge in [-0.15, -0.1) is 0 Å². The number of benzene rings is 2. The molecule has 8 nitrogen and oxygen atoms in total. The SMILES string of the molecule is COc1ccc(C(=O)N/C(=C\c2ccco2)C(=O)NCc2ccc(OC)c(OC)c2)cc1. The minimum Gasteiger partial charge on any atom is -0.497 e. The molecule has 0 unspecified atom stereocenters. The highest BCUT2D eigenvalue weighted by Crippen LogP contribution is 2.27. The zero-order valence-corrected chi connectivity index (χ0v) is 18.0. The highest BCUT2D eigenvalue weighted by atomic mass is 16.5. The maximum atomic E-state index is 12.9. The lowest BCUT2D eigenvalue weighted by atomic mass is 10.2. The molecule has 2 amide bonds. The van der Waals surface area contributed by atoms with Crippen LogP contribution in [0.15, 0.2) is 71.0 Å². The van der Waals surface area contributed by atoms with E-state index in [9.17, 15) is 9.59 Å². The van der Waals surface area contributed by atoms with Gasteiger partial charge in [0, 0.05) is 18.2 Å². The fourth-order valence-electron chi connectivity index (χ4n) is 2.88. The number of amides is 2. The Bertz CT molecular complexity index is 1090. The van der Waals surface area contributed by atoms with E-state index in [1.54, 1.807) is 69.9 Å². The van der Waals surface area contributed by atoms with Crippen LogP contribution in [-0.2, 0) is 11.3 Å². The molecule has 166 valence electrons. The van der Waals surface area contributed by atoms with Gasteiger partial charge < -0.3 is 29.3 Å². The summed E-state index contributed by atoms with van der Waals surface area (Å²) < 4.78 is 20.9. The molecule has 0 atom stereocenters. The average Bonchev–Trinajstić information content (AvgIpc) is 3.35. The summed E-state index contributed by atoms with van der Waals surface area (Å²) in [5.74, 6) is 1.28. The van der Waals surface area contributed by atoms with Gasteiger partial charge in [-0.05, 0) is 54.1 Å². The maximum Gasteiger partial charge on any atom is 0.268 e. The van der Waals surface area contributed by atoms with Gasteiger partial charge in [-0.25, -0.2) is 0 Å². The van der Waals surface area contributed by atoms with E-state index in [2.05, 4.69) is 10.6 Å². The quantitative estimate of drug-likeness (QED) is 0.499. The van der Waals surface area contributed by atoms with Crippen LogP contribution in [0.5, 0.6) is 17.2 Å². The smallest absolute Gasteiger partial charge is 0.268 e. The Morgan fingerprint density at radius 1 is 0.938 bits per heavy atom. The number of ether oxygens (including phenoxy) is 3. The predicted octanol–water partition coefficient (Wildman–Crippen LogP) is 3.39. The summed E-state index contributed by atoms with van der Waals surface area (Å²) in [5.41, 5.74) is 1.22. The number of methoxy groups -OCH3 is 3. The van der Waals surface area contributed by atoms with Crippen molar-refractivity contribution in [3.8, 4) is 17.2 Å². The van der Waals surface area contributed by atoms with Gasteiger partial charge in [0.1, 0.15) is 17.2 Å². The van der Waals surface area contributed by atoms with E-state index in [1.807, 2.05) is 6.07 Å². The molecule has 8 heteroatoms. The van der Waals surface area contributed by atoms with Crippen LogP contribution in [0.2, 0.25) is 0 Å². The largest absolute Gasteiger partial charge is 0.497 e. The van der Waals surface area contributed by atoms with Gasteiger partial charge in [0.15, 0.2) is 11.5 Å². The van der Waals surface area contributed by atoms with Crippen LogP contribution in [0.25, 0.3) is 6.08 Å². The van der Waals surface area contributed by atoms with Crippen LogP contribution in [0.4, 0.5) is 0 Å². The highest BCUT2D eigenvalue weighted by molar-refractivity contribution is 6.05. The minimum absolute atomic E-state index is 0.0428. The van der Waals surface area contributed by atoms with E-state index in [1.165, 1.54) is 12.3 Å². The molecule has 32 heavy (non-hydrogen) atoms. The van der Waals surface area contributed by atoms with E-state index in [4.69, 9.17) is 18.6 Å². The zero-order chi connectivity index (χ0) is 22.9. The summed E-state index contributed by atoms with van der Waals surface area (Å²) >= 11 is 0. The molecule has 0 saturated heterocycles. The second kappa shape index (κ2) is 10.7. The van der Waals surface area contributed by atoms with Crippen molar-refractivity contribution in [1.82, 2.24) is 10.6 Å². The summed E-state index contributed by atoms with van der Waals surface area (Å²) in [5, 5.41) is 5.45. The van der Waals surface area contributed by atoms with Crippen molar-refractivity contribution in [1.29, 1.82) is 0 Å². The maximum absolute atomic E-state index is 12.9. The first-order valence-corrected chi connectivity index (χ1v) is 9.73. The Balaban J connectivity index is 1.75. The molecule has 0 aliphatic rings. The molecule has 0 radical (unpaired) electrons. The number of nitrogens with one attached hydrogen (secondary N) is 2. The number of hydrogen-bond donors (Lipinski definition) is 2. The number of rotatable bonds is 9. The van der Waals surface area contributed by atoms with E-state index >= 15 is 0 Å². The van der Waals surface area contributed by atoms with Gasteiger partial charge in [-0.1, -0.05) is 6.07 Å². The van der Waals surface area contributed by atoms with Gasteiger partial charge >= 0.3 is 0 Å². The van der Waals surface area contributed by atoms with Gasteiger partial charge in [0.05, 0.1) is 27.6 Å². The van der Waals surface area contributed by atoms with Gasteiger partial charge in [-0.3, -0.25) is 9.59 Å². The third-order valence-corrected chi connectivity index (χ3v) is 4.58. The molecule has 0 spiro atoms. The first-order chi connectivity index (χ1) is 15.5. The summed E-state index contributed by atoms with van der Waals surface area (Å²) in [7, 11) is 4.64. The van der Waals surface area contributed by atoms with Crippen molar-refractivity contribution in [3.63, 3.8) is 0 Å². The molecule has 0 aliphatic carbocycles. The fourth-order valence-corrected chi connectivity index (χ4v) is 2.88. The molecule has 1 aromatic heterocycles. The Morgan fingerprint density at radius 3 is 2.31 bits per heavy atom. The van der Waals surface area contributed by atoms with Crippen LogP contribution in [-0.4, -0.2) is 33.1 Å². The number of hydrogen-bond acceptors (Lipinski definition) is 6. The molecular weight excluding hydrogens is 412 g/mol. The minimum atomic E-state index is -0.474. The Morgan fingerprint density at radius 2 is 1.69 bits per heavy atom. The molecule has 0 saturated carbocycles. The molecule has 1 heterocycles. The summed E-state index contributed by atoms with van der Waals surface area (Å²) in [6.07, 6.45) is 2.95. The lowest BCUT2D eigenvalue weighted by molar-refractivity contribution is -0.117. The number of furan rings is 1. The molecule has 2 N–H and O–H groups in total. The van der Waals surface area contributed by atoms with E-state index in [0.717, 1.165) is 5.56 Å². The Kier molecular flexibility index (Phi) is 7.53. The monoisotopic (exact) mass is 436 g/mol. The lowest BCUT2D eigenvalue weighted by Crippen LogP contribution is -2.34. The summed E-state index contributed by atoms with van der Waals surface area (Å²) in [6, 6.07) is 15.3. The van der Waals surface area contributed by atoms with Crippen molar-refractivity contribution < 1.29 is 28.2 Å². The van der Waals surface area contributed by atoms with Gasteiger partial charge in [-0.2, -0.15) is 0 Å². The van der Waals surface area contributed by atoms with Crippen LogP contribution >= 0.6 is 0 Å². The van der Waals surface area contributed by atoms with Crippen LogP contribution in [0, 0.1) is 0 Å². The fraction of sp³-hybridized carbons (Fsp3) is 0.167. The highest BCUT2D eigenvalue weighted by Gasteiger charge is 2.16. The normalized spacial score (nSPS) is 10.9. The Labute approximate surface area is 185 Å². The molecule has 0 fully saturated rings. The Hall–Kier alpha value is -4.20. The average molecular weight is 436 g/mol. The van der Waals surface area contributed by atoms with E-state index in [0.29, 0.717) is 28.6 Å². The molecular formula is C24H24N2O6. The second-order valence-corrected chi connectivity index (χ2v) is 6.63. The standard InChI is InChI=1S/C24H24N2O6/c1-29-18-9-7-17(8-10-18)23(27)26-20(14-19-5-4-12-32-19)24(28)25-15-16-6-11-21(30-2)22(13-16)31-3/h4-14H,15H2,1-3H3,(H,25,28)(H,26,27)/b20-14-. The summed E-state index contributed by atoms with van der Waals surface area (Å²) in [4.78, 5) is 25.6. The first kappa shape index (κ1) is 22.5. The summed E-state index contributed by atoms with van der Waals surface area (Å²) in [6.45, 7) is 0.215.